The van der Waals surface area contributed by atoms with E-state index in [1.165, 1.54) is 4.57 Å². The molecule has 3 heterocycles. The van der Waals surface area contributed by atoms with Crippen LogP contribution in [0.4, 0.5) is 0 Å². The van der Waals surface area contributed by atoms with Crippen LogP contribution < -0.4 is 5.56 Å². The number of rotatable bonds is 3. The van der Waals surface area contributed by atoms with E-state index < -0.39 is 5.97 Å². The molecule has 0 aliphatic heterocycles. The Morgan fingerprint density at radius 3 is 2.57 bits per heavy atom. The minimum Gasteiger partial charge on any atom is -0.477 e. The molecule has 3 rings (SSSR count). The van der Waals surface area contributed by atoms with Crippen molar-refractivity contribution in [2.75, 3.05) is 0 Å². The molecular formula is C15H15N3O4S. The first-order chi connectivity index (χ1) is 10.8. The third kappa shape index (κ3) is 2.35. The molecule has 3 aromatic heterocycles. The summed E-state index contributed by atoms with van der Waals surface area (Å²) in [6.07, 6.45) is 0. The topological polar surface area (TPSA) is 98.2 Å². The second kappa shape index (κ2) is 5.31. The summed E-state index contributed by atoms with van der Waals surface area (Å²) in [5.41, 5.74) is 1.78. The van der Waals surface area contributed by atoms with Crippen LogP contribution in [0.25, 0.3) is 10.2 Å². The van der Waals surface area contributed by atoms with Gasteiger partial charge in [0.1, 0.15) is 21.3 Å². The Balaban J connectivity index is 2.24. The number of carboxylic acids is 1. The van der Waals surface area contributed by atoms with Crippen LogP contribution in [-0.4, -0.2) is 25.8 Å². The number of carbonyl (C=O) groups is 1. The summed E-state index contributed by atoms with van der Waals surface area (Å²) in [7, 11) is 0. The van der Waals surface area contributed by atoms with E-state index in [0.29, 0.717) is 33.9 Å². The molecule has 0 saturated carbocycles. The summed E-state index contributed by atoms with van der Waals surface area (Å²) >= 11 is 1.03. The van der Waals surface area contributed by atoms with E-state index in [4.69, 9.17) is 4.52 Å². The van der Waals surface area contributed by atoms with Crippen molar-refractivity contribution in [1.82, 2.24) is 14.7 Å². The van der Waals surface area contributed by atoms with Crippen LogP contribution in [-0.2, 0) is 6.54 Å². The summed E-state index contributed by atoms with van der Waals surface area (Å²) < 4.78 is 6.66. The van der Waals surface area contributed by atoms with E-state index in [1.54, 1.807) is 20.8 Å². The summed E-state index contributed by atoms with van der Waals surface area (Å²) in [5.74, 6) is 0.141. The molecule has 0 atom stereocenters. The number of aromatic nitrogens is 3. The van der Waals surface area contributed by atoms with E-state index in [-0.39, 0.29) is 10.4 Å². The second-order valence-electron chi connectivity index (χ2n) is 5.39. The molecule has 120 valence electrons. The van der Waals surface area contributed by atoms with Crippen molar-refractivity contribution >= 4 is 27.5 Å². The van der Waals surface area contributed by atoms with Crippen LogP contribution in [0.1, 0.15) is 38.1 Å². The quantitative estimate of drug-likeness (QED) is 0.790. The van der Waals surface area contributed by atoms with Gasteiger partial charge in [0.05, 0.1) is 17.6 Å². The van der Waals surface area contributed by atoms with Gasteiger partial charge in [0.15, 0.2) is 0 Å². The van der Waals surface area contributed by atoms with Crippen molar-refractivity contribution in [2.45, 2.75) is 34.2 Å². The van der Waals surface area contributed by atoms with E-state index >= 15 is 0 Å². The average molecular weight is 333 g/mol. The maximum Gasteiger partial charge on any atom is 0.346 e. The summed E-state index contributed by atoms with van der Waals surface area (Å²) in [6, 6.07) is 0. The van der Waals surface area contributed by atoms with Crippen LogP contribution in [0.2, 0.25) is 0 Å². The van der Waals surface area contributed by atoms with Crippen LogP contribution >= 0.6 is 11.3 Å². The van der Waals surface area contributed by atoms with Gasteiger partial charge in [0.2, 0.25) is 0 Å². The molecule has 0 unspecified atom stereocenters. The van der Waals surface area contributed by atoms with Crippen molar-refractivity contribution < 1.29 is 14.4 Å². The summed E-state index contributed by atoms with van der Waals surface area (Å²) in [5, 5.41) is 13.5. The summed E-state index contributed by atoms with van der Waals surface area (Å²) in [6.45, 7) is 7.28. The molecule has 23 heavy (non-hydrogen) atoms. The maximum atomic E-state index is 12.8. The molecule has 3 aromatic rings. The standard InChI is InChI=1S/C15H15N3O4S/c1-6-11-13(23-12(6)15(20)21)16-9(4)18(14(11)19)5-10-7(2)17-22-8(10)3/h5H2,1-4H3,(H,20,21). The van der Waals surface area contributed by atoms with E-state index in [0.717, 1.165) is 22.6 Å². The number of aryl methyl sites for hydroxylation is 4. The lowest BCUT2D eigenvalue weighted by atomic mass is 10.2. The largest absolute Gasteiger partial charge is 0.477 e. The SMILES string of the molecule is Cc1noc(C)c1Cn1c(C)nc2sc(C(=O)O)c(C)c2c1=O. The normalized spacial score (nSPS) is 11.3. The number of carboxylic acid groups (broad SMARTS) is 1. The predicted molar refractivity (Wildman–Crippen MR) is 85.4 cm³/mol. The number of hydrogen-bond donors (Lipinski definition) is 1. The Labute approximate surface area is 135 Å². The van der Waals surface area contributed by atoms with E-state index in [2.05, 4.69) is 10.1 Å². The van der Waals surface area contributed by atoms with Gasteiger partial charge in [-0.2, -0.15) is 0 Å². The molecule has 0 amide bonds. The molecular weight excluding hydrogens is 318 g/mol. The van der Waals surface area contributed by atoms with Gasteiger partial charge in [-0.1, -0.05) is 5.16 Å². The molecule has 0 aliphatic rings. The van der Waals surface area contributed by atoms with Crippen LogP contribution in [0.5, 0.6) is 0 Å². The number of thiophene rings is 1. The molecule has 1 N–H and O–H groups in total. The summed E-state index contributed by atoms with van der Waals surface area (Å²) in [4.78, 5) is 29.1. The Morgan fingerprint density at radius 2 is 2.00 bits per heavy atom. The fraction of sp³-hybridized carbons (Fsp3) is 0.333. The fourth-order valence-electron chi connectivity index (χ4n) is 2.59. The molecule has 0 aromatic carbocycles. The predicted octanol–water partition coefficient (Wildman–Crippen LogP) is 2.43. The smallest absolute Gasteiger partial charge is 0.346 e. The second-order valence-corrected chi connectivity index (χ2v) is 6.39. The van der Waals surface area contributed by atoms with Gasteiger partial charge in [0, 0.05) is 5.56 Å². The molecule has 0 spiro atoms. The van der Waals surface area contributed by atoms with Gasteiger partial charge in [-0.15, -0.1) is 11.3 Å². The molecule has 7 nitrogen and oxygen atoms in total. The molecule has 0 radical (unpaired) electrons. The minimum atomic E-state index is -1.04. The van der Waals surface area contributed by atoms with Crippen LogP contribution in [0.15, 0.2) is 9.32 Å². The lowest BCUT2D eigenvalue weighted by molar-refractivity contribution is 0.0701. The third-order valence-electron chi connectivity index (χ3n) is 3.93. The van der Waals surface area contributed by atoms with Crippen LogP contribution in [0.3, 0.4) is 0 Å². The van der Waals surface area contributed by atoms with Gasteiger partial charge in [0.25, 0.3) is 5.56 Å². The number of aromatic carboxylic acids is 1. The van der Waals surface area contributed by atoms with Gasteiger partial charge in [-0.3, -0.25) is 9.36 Å². The molecule has 0 bridgehead atoms. The Bertz CT molecular complexity index is 977. The van der Waals surface area contributed by atoms with Crippen molar-refractivity contribution in [3.05, 3.63) is 43.6 Å². The number of nitrogens with zero attached hydrogens (tertiary/aromatic N) is 3. The van der Waals surface area contributed by atoms with E-state index in [9.17, 15) is 14.7 Å². The highest BCUT2D eigenvalue weighted by molar-refractivity contribution is 7.20. The van der Waals surface area contributed by atoms with Crippen LogP contribution in [0, 0.1) is 27.7 Å². The zero-order chi connectivity index (χ0) is 16.9. The van der Waals surface area contributed by atoms with Gasteiger partial charge in [-0.25, -0.2) is 9.78 Å². The molecule has 0 saturated heterocycles. The van der Waals surface area contributed by atoms with Crippen molar-refractivity contribution in [3.63, 3.8) is 0 Å². The minimum absolute atomic E-state index is 0.152. The maximum absolute atomic E-state index is 12.8. The molecule has 0 aliphatic carbocycles. The monoisotopic (exact) mass is 333 g/mol. The number of fused-ring (bicyclic) bond motifs is 1. The molecule has 0 fully saturated rings. The number of hydrogen-bond acceptors (Lipinski definition) is 6. The Morgan fingerprint density at radius 1 is 1.30 bits per heavy atom. The van der Waals surface area contributed by atoms with Crippen molar-refractivity contribution in [1.29, 1.82) is 0 Å². The van der Waals surface area contributed by atoms with Gasteiger partial charge < -0.3 is 9.63 Å². The van der Waals surface area contributed by atoms with Crippen molar-refractivity contribution in [3.8, 4) is 0 Å². The highest BCUT2D eigenvalue weighted by Gasteiger charge is 2.21. The van der Waals surface area contributed by atoms with E-state index in [1.807, 2.05) is 6.92 Å². The van der Waals surface area contributed by atoms with Gasteiger partial charge >= 0.3 is 5.97 Å². The molecule has 8 heteroatoms. The highest BCUT2D eigenvalue weighted by atomic mass is 32.1. The third-order valence-corrected chi connectivity index (χ3v) is 5.11. The van der Waals surface area contributed by atoms with Crippen molar-refractivity contribution in [2.24, 2.45) is 0 Å². The Hall–Kier alpha value is -2.48. The zero-order valence-corrected chi connectivity index (χ0v) is 13.9. The fourth-order valence-corrected chi connectivity index (χ4v) is 3.65. The zero-order valence-electron chi connectivity index (χ0n) is 13.1. The first-order valence-electron chi connectivity index (χ1n) is 6.96. The average Bonchev–Trinajstić information content (AvgIpc) is 2.96. The first kappa shape index (κ1) is 15.4. The Kier molecular flexibility index (Phi) is 3.56. The lowest BCUT2D eigenvalue weighted by Gasteiger charge is -2.09. The lowest BCUT2D eigenvalue weighted by Crippen LogP contribution is -2.24. The van der Waals surface area contributed by atoms with Gasteiger partial charge in [-0.05, 0) is 33.3 Å². The highest BCUT2D eigenvalue weighted by Crippen LogP contribution is 2.27. The first-order valence-corrected chi connectivity index (χ1v) is 7.78.